The van der Waals surface area contributed by atoms with Gasteiger partial charge in [-0.1, -0.05) is 64.5 Å². The number of imidazole rings is 1. The summed E-state index contributed by atoms with van der Waals surface area (Å²) in [5.41, 5.74) is 1.83. The van der Waals surface area contributed by atoms with Crippen LogP contribution in [0.2, 0.25) is 0 Å². The van der Waals surface area contributed by atoms with Gasteiger partial charge < -0.3 is 14.8 Å². The van der Waals surface area contributed by atoms with Crippen LogP contribution in [0, 0.1) is 5.92 Å². The molecule has 0 atom stereocenters. The van der Waals surface area contributed by atoms with Crippen LogP contribution in [0.5, 0.6) is 0 Å². The molecule has 1 N–H and O–H groups in total. The van der Waals surface area contributed by atoms with Gasteiger partial charge in [0.1, 0.15) is 12.4 Å². The van der Waals surface area contributed by atoms with Gasteiger partial charge in [0, 0.05) is 18.0 Å². The van der Waals surface area contributed by atoms with Gasteiger partial charge in [0.2, 0.25) is 11.8 Å². The van der Waals surface area contributed by atoms with Crippen LogP contribution in [0.3, 0.4) is 0 Å². The molecule has 0 aliphatic heterocycles. The van der Waals surface area contributed by atoms with Crippen molar-refractivity contribution in [3.05, 3.63) is 30.1 Å². The first-order valence-electron chi connectivity index (χ1n) is 12.6. The number of rotatable bonds is 7. The van der Waals surface area contributed by atoms with Crippen molar-refractivity contribution in [1.29, 1.82) is 0 Å². The Balaban J connectivity index is 1.59. The Morgan fingerprint density at radius 2 is 1.59 bits per heavy atom. The van der Waals surface area contributed by atoms with Gasteiger partial charge in [-0.15, -0.1) is 0 Å². The summed E-state index contributed by atoms with van der Waals surface area (Å²) < 4.78 is 2.02. The highest BCUT2D eigenvalue weighted by Gasteiger charge is 2.33. The van der Waals surface area contributed by atoms with Gasteiger partial charge in [0.25, 0.3) is 0 Å². The topological polar surface area (TPSA) is 67.2 Å². The fraction of sp³-hybridized carbons (Fsp3) is 0.654. The van der Waals surface area contributed by atoms with Crippen LogP contribution < -0.4 is 5.32 Å². The van der Waals surface area contributed by atoms with E-state index >= 15 is 0 Å². The molecule has 6 heteroatoms. The van der Waals surface area contributed by atoms with E-state index in [0.717, 1.165) is 42.5 Å². The van der Waals surface area contributed by atoms with E-state index in [0.29, 0.717) is 25.2 Å². The number of carbonyl (C=O) groups is 2. The maximum absolute atomic E-state index is 13.8. The zero-order valence-electron chi connectivity index (χ0n) is 19.7. The molecule has 174 valence electrons. The molecule has 32 heavy (non-hydrogen) atoms. The molecule has 1 heterocycles. The van der Waals surface area contributed by atoms with Gasteiger partial charge in [0.05, 0.1) is 17.6 Å². The van der Waals surface area contributed by atoms with Crippen molar-refractivity contribution < 1.29 is 9.59 Å². The third-order valence-electron chi connectivity index (χ3n) is 7.20. The average Bonchev–Trinajstić information content (AvgIpc) is 3.16. The van der Waals surface area contributed by atoms with E-state index in [1.54, 1.807) is 0 Å². The van der Waals surface area contributed by atoms with Crippen molar-refractivity contribution in [1.82, 2.24) is 19.8 Å². The fourth-order valence-corrected chi connectivity index (χ4v) is 5.45. The summed E-state index contributed by atoms with van der Waals surface area (Å²) in [7, 11) is 0. The molecule has 0 saturated heterocycles. The van der Waals surface area contributed by atoms with E-state index in [-0.39, 0.29) is 17.7 Å². The molecule has 2 aliphatic rings. The van der Waals surface area contributed by atoms with Crippen molar-refractivity contribution in [2.75, 3.05) is 0 Å². The second kappa shape index (κ2) is 10.5. The van der Waals surface area contributed by atoms with E-state index in [9.17, 15) is 9.59 Å². The molecule has 6 nitrogen and oxygen atoms in total. The summed E-state index contributed by atoms with van der Waals surface area (Å²) in [6, 6.07) is 8.70. The average molecular weight is 439 g/mol. The Kier molecular flexibility index (Phi) is 7.48. The first kappa shape index (κ1) is 22.8. The molecule has 1 aromatic carbocycles. The molecule has 2 saturated carbocycles. The second-order valence-corrected chi connectivity index (χ2v) is 9.86. The summed E-state index contributed by atoms with van der Waals surface area (Å²) in [6.45, 7) is 4.40. The zero-order chi connectivity index (χ0) is 22.5. The molecule has 4 rings (SSSR count). The number of hydrogen-bond acceptors (Lipinski definition) is 3. The van der Waals surface area contributed by atoms with Crippen LogP contribution in [0.25, 0.3) is 11.0 Å². The molecule has 0 bridgehead atoms. The Morgan fingerprint density at radius 1 is 1.00 bits per heavy atom. The molecular formula is C26H38N4O2. The first-order valence-corrected chi connectivity index (χ1v) is 12.6. The number of benzene rings is 1. The lowest BCUT2D eigenvalue weighted by Crippen LogP contribution is -2.50. The fourth-order valence-electron chi connectivity index (χ4n) is 5.45. The van der Waals surface area contributed by atoms with Crippen molar-refractivity contribution in [2.24, 2.45) is 5.92 Å². The van der Waals surface area contributed by atoms with Crippen molar-refractivity contribution in [3.63, 3.8) is 0 Å². The van der Waals surface area contributed by atoms with E-state index in [2.05, 4.69) is 10.2 Å². The molecule has 2 fully saturated rings. The Bertz CT molecular complexity index is 905. The lowest BCUT2D eigenvalue weighted by atomic mass is 9.88. The van der Waals surface area contributed by atoms with Crippen molar-refractivity contribution in [3.8, 4) is 0 Å². The smallest absolute Gasteiger partial charge is 0.243 e. The van der Waals surface area contributed by atoms with Crippen LogP contribution in [-0.4, -0.2) is 38.3 Å². The number of carbonyl (C=O) groups excluding carboxylic acids is 2. The van der Waals surface area contributed by atoms with Crippen LogP contribution in [0.4, 0.5) is 0 Å². The summed E-state index contributed by atoms with van der Waals surface area (Å²) in [6.07, 6.45) is 12.0. The number of aromatic nitrogens is 2. The van der Waals surface area contributed by atoms with Crippen LogP contribution in [-0.2, 0) is 22.7 Å². The predicted octanol–water partition coefficient (Wildman–Crippen LogP) is 4.80. The Labute approximate surface area is 191 Å². The summed E-state index contributed by atoms with van der Waals surface area (Å²) in [4.78, 5) is 33.0. The van der Waals surface area contributed by atoms with Crippen LogP contribution in [0.1, 0.15) is 83.9 Å². The highest BCUT2D eigenvalue weighted by molar-refractivity contribution is 5.82. The van der Waals surface area contributed by atoms with Crippen molar-refractivity contribution in [2.45, 2.75) is 103 Å². The third kappa shape index (κ3) is 5.16. The number of fused-ring (bicyclic) bond motifs is 1. The van der Waals surface area contributed by atoms with Gasteiger partial charge in [0.15, 0.2) is 0 Å². The van der Waals surface area contributed by atoms with Gasteiger partial charge in [-0.3, -0.25) is 9.59 Å². The van der Waals surface area contributed by atoms with E-state index in [4.69, 9.17) is 4.98 Å². The summed E-state index contributed by atoms with van der Waals surface area (Å²) >= 11 is 0. The zero-order valence-corrected chi connectivity index (χ0v) is 19.7. The van der Waals surface area contributed by atoms with Gasteiger partial charge >= 0.3 is 0 Å². The predicted molar refractivity (Wildman–Crippen MR) is 127 cm³/mol. The monoisotopic (exact) mass is 438 g/mol. The number of nitrogens with one attached hydrogen (secondary N) is 1. The second-order valence-electron chi connectivity index (χ2n) is 9.86. The van der Waals surface area contributed by atoms with E-state index < -0.39 is 0 Å². The summed E-state index contributed by atoms with van der Waals surface area (Å²) in [5, 5.41) is 2.98. The highest BCUT2D eigenvalue weighted by atomic mass is 16.2. The minimum Gasteiger partial charge on any atom is -0.349 e. The van der Waals surface area contributed by atoms with Gasteiger partial charge in [-0.2, -0.15) is 0 Å². The lowest BCUT2D eigenvalue weighted by Gasteiger charge is -2.42. The maximum atomic E-state index is 13.8. The number of para-hydroxylation sites is 2. The number of nitrogens with zero attached hydrogens (tertiary/aromatic N) is 3. The quantitative estimate of drug-likeness (QED) is 0.675. The lowest BCUT2D eigenvalue weighted by molar-refractivity contribution is -0.138. The van der Waals surface area contributed by atoms with Crippen LogP contribution >= 0.6 is 0 Å². The van der Waals surface area contributed by atoms with Gasteiger partial charge in [-0.25, -0.2) is 4.98 Å². The number of amides is 2. The van der Waals surface area contributed by atoms with Crippen molar-refractivity contribution >= 4 is 22.8 Å². The van der Waals surface area contributed by atoms with Gasteiger partial charge in [-0.05, 0) is 37.8 Å². The molecule has 2 amide bonds. The first-order chi connectivity index (χ1) is 15.5. The van der Waals surface area contributed by atoms with E-state index in [1.165, 1.54) is 38.5 Å². The molecule has 0 radical (unpaired) electrons. The Morgan fingerprint density at radius 3 is 2.19 bits per heavy atom. The highest BCUT2D eigenvalue weighted by Crippen LogP contribution is 2.31. The minimum atomic E-state index is -0.0810. The Hall–Kier alpha value is -2.37. The largest absolute Gasteiger partial charge is 0.349 e. The SMILES string of the molecule is CC(C)C(=O)NCc1nc2ccccc2n1CC(=O)N(C1CCCCC1)C1CCCCC1. The molecule has 0 spiro atoms. The maximum Gasteiger partial charge on any atom is 0.243 e. The normalized spacial score (nSPS) is 18.2. The van der Waals surface area contributed by atoms with Crippen LogP contribution in [0.15, 0.2) is 24.3 Å². The molecule has 2 aliphatic carbocycles. The molecule has 2 aromatic rings. The standard InChI is InChI=1S/C26H38N4O2/c1-19(2)26(32)27-17-24-28-22-15-9-10-16-23(22)29(24)18-25(31)30(20-11-5-3-6-12-20)21-13-7-4-8-14-21/h9-10,15-16,19-21H,3-8,11-14,17-18H2,1-2H3,(H,27,32). The minimum absolute atomic E-state index is 0.000899. The summed E-state index contributed by atoms with van der Waals surface area (Å²) in [5.74, 6) is 0.882. The molecule has 1 aromatic heterocycles. The number of hydrogen-bond donors (Lipinski definition) is 1. The molecular weight excluding hydrogens is 400 g/mol. The van der Waals surface area contributed by atoms with E-state index in [1.807, 2.05) is 42.7 Å². The third-order valence-corrected chi connectivity index (χ3v) is 7.20. The molecule has 0 unspecified atom stereocenters.